The third-order valence-electron chi connectivity index (χ3n) is 3.21. The van der Waals surface area contributed by atoms with Crippen LogP contribution in [0.2, 0.25) is 5.02 Å². The van der Waals surface area contributed by atoms with Crippen molar-refractivity contribution < 1.29 is 18.6 Å². The highest BCUT2D eigenvalue weighted by Gasteiger charge is 2.29. The van der Waals surface area contributed by atoms with Gasteiger partial charge < -0.3 is 19.5 Å². The van der Waals surface area contributed by atoms with Crippen molar-refractivity contribution in [2.45, 2.75) is 12.5 Å². The molecule has 2 heterocycles. The summed E-state index contributed by atoms with van der Waals surface area (Å²) in [5, 5.41) is 3.21. The molecule has 2 aliphatic heterocycles. The second-order valence-corrected chi connectivity index (χ2v) is 4.93. The highest BCUT2D eigenvalue weighted by atomic mass is 35.5. The molecule has 0 aliphatic carbocycles. The van der Waals surface area contributed by atoms with E-state index in [-0.39, 0.29) is 5.02 Å². The van der Waals surface area contributed by atoms with Gasteiger partial charge in [0.2, 0.25) is 0 Å². The summed E-state index contributed by atoms with van der Waals surface area (Å²) in [6, 6.07) is 1.47. The minimum atomic E-state index is -0.486. The number of rotatable bonds is 1. The second kappa shape index (κ2) is 5.53. The van der Waals surface area contributed by atoms with Crippen molar-refractivity contribution in [1.29, 1.82) is 0 Å². The average molecular weight is 288 g/mol. The van der Waals surface area contributed by atoms with Gasteiger partial charge in [-0.3, -0.25) is 0 Å². The predicted octanol–water partition coefficient (Wildman–Crippen LogP) is 2.30. The van der Waals surface area contributed by atoms with E-state index in [9.17, 15) is 4.39 Å². The van der Waals surface area contributed by atoms with Gasteiger partial charge in [0.05, 0.1) is 30.4 Å². The Labute approximate surface area is 115 Å². The first-order chi connectivity index (χ1) is 9.27. The highest BCUT2D eigenvalue weighted by Crippen LogP contribution is 2.42. The highest BCUT2D eigenvalue weighted by molar-refractivity contribution is 6.31. The Balaban J connectivity index is 2.07. The number of benzene rings is 1. The van der Waals surface area contributed by atoms with Crippen LogP contribution in [0.5, 0.6) is 11.5 Å². The number of hydrogen-bond donors (Lipinski definition) is 1. The molecule has 1 atom stereocenters. The van der Waals surface area contributed by atoms with Crippen molar-refractivity contribution in [3.8, 4) is 11.5 Å². The maximum atomic E-state index is 14.3. The van der Waals surface area contributed by atoms with Crippen molar-refractivity contribution in [1.82, 2.24) is 5.32 Å². The van der Waals surface area contributed by atoms with E-state index in [1.807, 2.05) is 0 Å². The first-order valence-corrected chi connectivity index (χ1v) is 6.75. The van der Waals surface area contributed by atoms with Gasteiger partial charge in [-0.15, -0.1) is 0 Å². The molecule has 6 heteroatoms. The van der Waals surface area contributed by atoms with Gasteiger partial charge in [-0.1, -0.05) is 11.6 Å². The van der Waals surface area contributed by atoms with Gasteiger partial charge in [-0.25, -0.2) is 4.39 Å². The molecule has 1 unspecified atom stereocenters. The van der Waals surface area contributed by atoms with Gasteiger partial charge in [0.15, 0.2) is 17.3 Å². The van der Waals surface area contributed by atoms with Gasteiger partial charge >= 0.3 is 0 Å². The predicted molar refractivity (Wildman–Crippen MR) is 68.6 cm³/mol. The Hall–Kier alpha value is -1.04. The molecule has 0 radical (unpaired) electrons. The van der Waals surface area contributed by atoms with E-state index in [2.05, 4.69) is 5.32 Å². The second-order valence-electron chi connectivity index (χ2n) is 4.53. The zero-order chi connectivity index (χ0) is 13.2. The summed E-state index contributed by atoms with van der Waals surface area (Å²) in [5.74, 6) is 0.431. The van der Waals surface area contributed by atoms with E-state index < -0.39 is 11.9 Å². The Bertz CT molecular complexity index is 477. The van der Waals surface area contributed by atoms with Gasteiger partial charge in [-0.2, -0.15) is 0 Å². The smallest absolute Gasteiger partial charge is 0.170 e. The van der Waals surface area contributed by atoms with Crippen LogP contribution in [-0.4, -0.2) is 32.9 Å². The third-order valence-corrected chi connectivity index (χ3v) is 3.49. The molecule has 1 N–H and O–H groups in total. The summed E-state index contributed by atoms with van der Waals surface area (Å²) >= 11 is 5.94. The molecule has 4 nitrogen and oxygen atoms in total. The largest absolute Gasteiger partial charge is 0.489 e. The van der Waals surface area contributed by atoms with Crippen LogP contribution in [0.4, 0.5) is 4.39 Å². The van der Waals surface area contributed by atoms with Gasteiger partial charge in [0, 0.05) is 25.6 Å². The number of hydrogen-bond acceptors (Lipinski definition) is 4. The molecule has 0 aromatic heterocycles. The maximum Gasteiger partial charge on any atom is 0.170 e. The molecule has 1 saturated heterocycles. The molecule has 1 aromatic rings. The number of ether oxygens (including phenoxy) is 3. The fraction of sp³-hybridized carbons (Fsp3) is 0.538. The summed E-state index contributed by atoms with van der Waals surface area (Å²) in [6.45, 7) is 2.87. The lowest BCUT2D eigenvalue weighted by molar-refractivity contribution is 0.0236. The maximum absolute atomic E-state index is 14.3. The fourth-order valence-electron chi connectivity index (χ4n) is 2.31. The lowest BCUT2D eigenvalue weighted by Gasteiger charge is -2.26. The van der Waals surface area contributed by atoms with Crippen LogP contribution in [-0.2, 0) is 4.74 Å². The topological polar surface area (TPSA) is 39.7 Å². The van der Waals surface area contributed by atoms with E-state index >= 15 is 0 Å². The molecule has 3 rings (SSSR count). The molecule has 1 fully saturated rings. The van der Waals surface area contributed by atoms with E-state index in [0.717, 1.165) is 13.0 Å². The molecule has 2 aliphatic rings. The zero-order valence-electron chi connectivity index (χ0n) is 10.4. The van der Waals surface area contributed by atoms with Crippen LogP contribution in [0.25, 0.3) is 0 Å². The molecule has 0 amide bonds. The minimum absolute atomic E-state index is 0.0356. The Morgan fingerprint density at radius 3 is 2.89 bits per heavy atom. The standard InChI is InChI=1S/C13H15ClFNO3/c14-8-6-9-13(19-4-1-3-17-9)11(12(8)15)10-7-16-2-5-18-10/h6,10,16H,1-5,7H2. The molecular formula is C13H15ClFNO3. The van der Waals surface area contributed by atoms with E-state index in [0.29, 0.717) is 43.4 Å². The number of halogens is 2. The summed E-state index contributed by atoms with van der Waals surface area (Å²) < 4.78 is 31.1. The molecular weight excluding hydrogens is 273 g/mol. The van der Waals surface area contributed by atoms with Crippen LogP contribution >= 0.6 is 11.6 Å². The third kappa shape index (κ3) is 2.50. The summed E-state index contributed by atoms with van der Waals surface area (Å²) in [6.07, 6.45) is 0.361. The van der Waals surface area contributed by atoms with Gasteiger partial charge in [0.1, 0.15) is 6.10 Å². The van der Waals surface area contributed by atoms with Crippen molar-refractivity contribution in [2.75, 3.05) is 32.9 Å². The molecule has 19 heavy (non-hydrogen) atoms. The summed E-state index contributed by atoms with van der Waals surface area (Å²) in [4.78, 5) is 0. The first-order valence-electron chi connectivity index (χ1n) is 6.37. The molecule has 0 spiro atoms. The van der Waals surface area contributed by atoms with Crippen LogP contribution in [0, 0.1) is 5.82 Å². The Morgan fingerprint density at radius 2 is 2.11 bits per heavy atom. The van der Waals surface area contributed by atoms with Crippen molar-refractivity contribution in [3.05, 3.63) is 22.5 Å². The first kappa shape index (κ1) is 13.0. The van der Waals surface area contributed by atoms with E-state index in [1.54, 1.807) is 0 Å². The van der Waals surface area contributed by atoms with E-state index in [4.69, 9.17) is 25.8 Å². The molecule has 104 valence electrons. The van der Waals surface area contributed by atoms with Crippen LogP contribution in [0.15, 0.2) is 6.07 Å². The number of nitrogens with one attached hydrogen (secondary N) is 1. The van der Waals surface area contributed by atoms with Crippen LogP contribution in [0.1, 0.15) is 18.1 Å². The van der Waals surface area contributed by atoms with Crippen molar-refractivity contribution in [2.24, 2.45) is 0 Å². The van der Waals surface area contributed by atoms with Crippen LogP contribution in [0.3, 0.4) is 0 Å². The summed E-state index contributed by atoms with van der Waals surface area (Å²) in [7, 11) is 0. The molecule has 0 saturated carbocycles. The quantitative estimate of drug-likeness (QED) is 0.860. The minimum Gasteiger partial charge on any atom is -0.489 e. The number of morpholine rings is 1. The number of fused-ring (bicyclic) bond motifs is 1. The monoisotopic (exact) mass is 287 g/mol. The Kier molecular flexibility index (Phi) is 3.77. The SMILES string of the molecule is Fc1c(Cl)cc2c(c1C1CNCCO1)OCCCO2. The van der Waals surface area contributed by atoms with Crippen LogP contribution < -0.4 is 14.8 Å². The zero-order valence-corrected chi connectivity index (χ0v) is 11.1. The van der Waals surface area contributed by atoms with Gasteiger partial charge in [0.25, 0.3) is 0 Å². The molecule has 0 bridgehead atoms. The fourth-order valence-corrected chi connectivity index (χ4v) is 2.52. The van der Waals surface area contributed by atoms with Crippen molar-refractivity contribution >= 4 is 11.6 Å². The lowest BCUT2D eigenvalue weighted by Crippen LogP contribution is -2.34. The summed E-state index contributed by atoms with van der Waals surface area (Å²) in [5.41, 5.74) is 0.358. The normalized spacial score (nSPS) is 22.9. The van der Waals surface area contributed by atoms with Crippen molar-refractivity contribution in [3.63, 3.8) is 0 Å². The average Bonchev–Trinajstić information content (AvgIpc) is 2.66. The lowest BCUT2D eigenvalue weighted by atomic mass is 10.1. The molecule has 1 aromatic carbocycles. The van der Waals surface area contributed by atoms with Gasteiger partial charge in [-0.05, 0) is 0 Å². The Morgan fingerprint density at radius 1 is 1.26 bits per heavy atom. The van der Waals surface area contributed by atoms with E-state index in [1.165, 1.54) is 6.07 Å².